The van der Waals surface area contributed by atoms with E-state index in [9.17, 15) is 4.79 Å². The summed E-state index contributed by atoms with van der Waals surface area (Å²) in [6, 6.07) is 3.92. The van der Waals surface area contributed by atoms with Crippen LogP contribution in [0.25, 0.3) is 0 Å². The Labute approximate surface area is 153 Å². The number of thiophene rings is 1. The van der Waals surface area contributed by atoms with E-state index in [-0.39, 0.29) is 42.7 Å². The Morgan fingerprint density at radius 3 is 2.32 bits per heavy atom. The molecule has 0 aliphatic carbocycles. The van der Waals surface area contributed by atoms with Crippen molar-refractivity contribution < 1.29 is 4.79 Å². The molecule has 2 rings (SSSR count). The summed E-state index contributed by atoms with van der Waals surface area (Å²) >= 11 is 7.57. The molecule has 1 aliphatic heterocycles. The molecule has 0 aromatic carbocycles. The fourth-order valence-corrected chi connectivity index (χ4v) is 3.43. The highest BCUT2D eigenvalue weighted by Crippen LogP contribution is 2.23. The first-order chi connectivity index (χ1) is 9.47. The average molecular weight is 389 g/mol. The van der Waals surface area contributed by atoms with Crippen molar-refractivity contribution in [2.24, 2.45) is 11.7 Å². The van der Waals surface area contributed by atoms with E-state index in [1.165, 1.54) is 4.88 Å². The quantitative estimate of drug-likeness (QED) is 0.863. The second-order valence-electron chi connectivity index (χ2n) is 5.46. The monoisotopic (exact) mass is 387 g/mol. The summed E-state index contributed by atoms with van der Waals surface area (Å²) in [5.74, 6) is 0.0801. The first-order valence-electron chi connectivity index (χ1n) is 6.98. The fraction of sp³-hybridized carbons (Fsp3) is 0.643. The third-order valence-electron chi connectivity index (χ3n) is 3.87. The highest BCUT2D eigenvalue weighted by molar-refractivity contribution is 7.16. The Balaban J connectivity index is 0.00000220. The van der Waals surface area contributed by atoms with Gasteiger partial charge in [-0.3, -0.25) is 9.69 Å². The zero-order chi connectivity index (χ0) is 14.7. The van der Waals surface area contributed by atoms with Gasteiger partial charge in [0.2, 0.25) is 5.91 Å². The molecule has 8 heteroatoms. The van der Waals surface area contributed by atoms with Crippen LogP contribution in [0.5, 0.6) is 0 Å². The van der Waals surface area contributed by atoms with Crippen LogP contribution < -0.4 is 5.73 Å². The van der Waals surface area contributed by atoms with Crippen LogP contribution >= 0.6 is 47.8 Å². The second-order valence-corrected chi connectivity index (χ2v) is 7.25. The van der Waals surface area contributed by atoms with Crippen molar-refractivity contribution in [2.45, 2.75) is 26.4 Å². The summed E-state index contributed by atoms with van der Waals surface area (Å²) in [4.78, 5) is 17.8. The Hall–Kier alpha value is -0.0400. The minimum atomic E-state index is -0.0994. The lowest BCUT2D eigenvalue weighted by Gasteiger charge is -2.36. The van der Waals surface area contributed by atoms with Gasteiger partial charge in [0.1, 0.15) is 0 Å². The number of amides is 1. The third-order valence-corrected chi connectivity index (χ3v) is 5.09. The summed E-state index contributed by atoms with van der Waals surface area (Å²) in [5, 5.41) is 0. The van der Waals surface area contributed by atoms with Crippen molar-refractivity contribution in [1.82, 2.24) is 9.80 Å². The van der Waals surface area contributed by atoms with Crippen LogP contribution in [0.2, 0.25) is 4.34 Å². The van der Waals surface area contributed by atoms with Gasteiger partial charge in [-0.2, -0.15) is 0 Å². The molecule has 128 valence electrons. The van der Waals surface area contributed by atoms with E-state index < -0.39 is 0 Å². The normalized spacial score (nSPS) is 18.1. The molecule has 4 nitrogen and oxygen atoms in total. The predicted molar refractivity (Wildman–Crippen MR) is 98.5 cm³/mol. The van der Waals surface area contributed by atoms with Crippen molar-refractivity contribution >= 4 is 53.7 Å². The van der Waals surface area contributed by atoms with Gasteiger partial charge in [0, 0.05) is 43.6 Å². The molecular formula is C14H24Cl3N3OS. The van der Waals surface area contributed by atoms with Gasteiger partial charge in [-0.25, -0.2) is 0 Å². The number of carbonyl (C=O) groups is 1. The van der Waals surface area contributed by atoms with Gasteiger partial charge in [-0.1, -0.05) is 18.5 Å². The van der Waals surface area contributed by atoms with Crippen molar-refractivity contribution in [3.05, 3.63) is 21.3 Å². The smallest absolute Gasteiger partial charge is 0.227 e. The van der Waals surface area contributed by atoms with E-state index >= 15 is 0 Å². The maximum Gasteiger partial charge on any atom is 0.227 e. The molecule has 22 heavy (non-hydrogen) atoms. The molecule has 1 fully saturated rings. The van der Waals surface area contributed by atoms with Crippen molar-refractivity contribution in [2.75, 3.05) is 26.2 Å². The molecule has 0 radical (unpaired) electrons. The predicted octanol–water partition coefficient (Wildman–Crippen LogP) is 2.87. The maximum absolute atomic E-state index is 12.2. The zero-order valence-corrected chi connectivity index (χ0v) is 16.0. The lowest BCUT2D eigenvalue weighted by molar-refractivity contribution is -0.137. The highest BCUT2D eigenvalue weighted by atomic mass is 35.5. The molecule has 2 N–H and O–H groups in total. The minimum Gasteiger partial charge on any atom is -0.340 e. The molecule has 1 amide bonds. The number of nitrogens with zero attached hydrogens (tertiary/aromatic N) is 2. The number of hydrogen-bond acceptors (Lipinski definition) is 4. The van der Waals surface area contributed by atoms with Crippen LogP contribution in [-0.4, -0.2) is 47.9 Å². The maximum atomic E-state index is 12.2. The molecule has 0 bridgehead atoms. The van der Waals surface area contributed by atoms with Gasteiger partial charge < -0.3 is 10.6 Å². The number of carbonyl (C=O) groups excluding carboxylic acids is 1. The first kappa shape index (κ1) is 22.0. The van der Waals surface area contributed by atoms with Crippen LogP contribution in [0.15, 0.2) is 12.1 Å². The molecule has 0 spiro atoms. The van der Waals surface area contributed by atoms with Crippen molar-refractivity contribution in [3.63, 3.8) is 0 Å². The standard InChI is InChI=1S/C14H22ClN3OS.2ClH/c1-10(11(2)16)14(19)18-7-5-17(6-8-18)9-12-3-4-13(15)20-12;;/h3-4,10-11H,5-9,16H2,1-2H3;2*1H. The Morgan fingerprint density at radius 2 is 1.86 bits per heavy atom. The third kappa shape index (κ3) is 5.87. The number of halogens is 3. The molecule has 1 aromatic rings. The molecule has 1 aromatic heterocycles. The van der Waals surface area contributed by atoms with Crippen LogP contribution in [0.1, 0.15) is 18.7 Å². The van der Waals surface area contributed by atoms with E-state index in [1.807, 2.05) is 24.8 Å². The van der Waals surface area contributed by atoms with Gasteiger partial charge in [-0.15, -0.1) is 36.2 Å². The van der Waals surface area contributed by atoms with Crippen LogP contribution in [0.4, 0.5) is 0 Å². The van der Waals surface area contributed by atoms with Crippen LogP contribution in [0.3, 0.4) is 0 Å². The summed E-state index contributed by atoms with van der Waals surface area (Å²) in [6.45, 7) is 8.11. The van der Waals surface area contributed by atoms with E-state index in [1.54, 1.807) is 11.3 Å². The first-order valence-corrected chi connectivity index (χ1v) is 8.17. The highest BCUT2D eigenvalue weighted by Gasteiger charge is 2.26. The summed E-state index contributed by atoms with van der Waals surface area (Å²) < 4.78 is 0.833. The van der Waals surface area contributed by atoms with Gasteiger partial charge in [-0.05, 0) is 19.1 Å². The number of hydrogen-bond donors (Lipinski definition) is 1. The Bertz CT molecular complexity index is 462. The van der Waals surface area contributed by atoms with Gasteiger partial charge >= 0.3 is 0 Å². The van der Waals surface area contributed by atoms with E-state index in [4.69, 9.17) is 17.3 Å². The topological polar surface area (TPSA) is 49.6 Å². The van der Waals surface area contributed by atoms with Gasteiger partial charge in [0.25, 0.3) is 0 Å². The minimum absolute atomic E-state index is 0. The number of rotatable bonds is 4. The van der Waals surface area contributed by atoms with Crippen molar-refractivity contribution in [3.8, 4) is 0 Å². The zero-order valence-electron chi connectivity index (χ0n) is 12.8. The average Bonchev–Trinajstić information content (AvgIpc) is 2.83. The molecule has 1 saturated heterocycles. The molecule has 1 aliphatic rings. The van der Waals surface area contributed by atoms with E-state index in [2.05, 4.69) is 11.0 Å². The van der Waals surface area contributed by atoms with Gasteiger partial charge in [0.15, 0.2) is 0 Å². The molecule has 2 heterocycles. The summed E-state index contributed by atoms with van der Waals surface area (Å²) in [7, 11) is 0. The second kappa shape index (κ2) is 9.96. The van der Waals surface area contributed by atoms with Gasteiger partial charge in [0.05, 0.1) is 10.3 Å². The Kier molecular flexibility index (Phi) is 9.94. The molecule has 2 unspecified atom stereocenters. The largest absolute Gasteiger partial charge is 0.340 e. The van der Waals surface area contributed by atoms with Crippen LogP contribution in [-0.2, 0) is 11.3 Å². The van der Waals surface area contributed by atoms with Crippen LogP contribution in [0, 0.1) is 5.92 Å². The number of piperazine rings is 1. The Morgan fingerprint density at radius 1 is 1.27 bits per heavy atom. The van der Waals surface area contributed by atoms with Crippen molar-refractivity contribution in [1.29, 1.82) is 0 Å². The summed E-state index contributed by atoms with van der Waals surface area (Å²) in [5.41, 5.74) is 5.81. The SMILES string of the molecule is CC(N)C(C)C(=O)N1CCN(Cc2ccc(Cl)s2)CC1.Cl.Cl. The summed E-state index contributed by atoms with van der Waals surface area (Å²) in [6.07, 6.45) is 0. The van der Waals surface area contributed by atoms with E-state index in [0.29, 0.717) is 0 Å². The molecular weight excluding hydrogens is 365 g/mol. The fourth-order valence-electron chi connectivity index (χ4n) is 2.30. The molecule has 2 atom stereocenters. The molecule has 0 saturated carbocycles. The lowest BCUT2D eigenvalue weighted by atomic mass is 10.0. The number of nitrogens with two attached hydrogens (primary N) is 1. The lowest BCUT2D eigenvalue weighted by Crippen LogP contribution is -2.51. The van der Waals surface area contributed by atoms with E-state index in [0.717, 1.165) is 37.1 Å².